The van der Waals surface area contributed by atoms with Crippen LogP contribution in [0.4, 0.5) is 17.1 Å². The van der Waals surface area contributed by atoms with Gasteiger partial charge in [-0.05, 0) is 55.5 Å². The first-order valence-corrected chi connectivity index (χ1v) is 9.61. The zero-order valence-corrected chi connectivity index (χ0v) is 17.0. The number of halogens is 1. The summed E-state index contributed by atoms with van der Waals surface area (Å²) in [6, 6.07) is 20.4. The highest BCUT2D eigenvalue weighted by Crippen LogP contribution is 2.19. The van der Waals surface area contributed by atoms with Crippen LogP contribution in [0.3, 0.4) is 0 Å². The SMILES string of the molecule is CC(=O)c1cccc(NC(=O)CNc2ccccc2C(=O)Nc2ccc(Cl)cc2)c1. The van der Waals surface area contributed by atoms with Crippen LogP contribution in [0.25, 0.3) is 0 Å². The Morgan fingerprint density at radius 1 is 0.833 bits per heavy atom. The molecule has 0 saturated heterocycles. The van der Waals surface area contributed by atoms with E-state index in [1.807, 2.05) is 0 Å². The molecule has 6 nitrogen and oxygen atoms in total. The molecular formula is C23H20ClN3O3. The number of nitrogens with one attached hydrogen (secondary N) is 3. The van der Waals surface area contributed by atoms with Gasteiger partial charge >= 0.3 is 0 Å². The van der Waals surface area contributed by atoms with Crippen molar-refractivity contribution in [3.8, 4) is 0 Å². The number of ketones is 1. The summed E-state index contributed by atoms with van der Waals surface area (Å²) in [5.41, 5.74) is 2.59. The summed E-state index contributed by atoms with van der Waals surface area (Å²) >= 11 is 5.87. The van der Waals surface area contributed by atoms with Crippen LogP contribution in [0.5, 0.6) is 0 Å². The van der Waals surface area contributed by atoms with Gasteiger partial charge in [0.1, 0.15) is 0 Å². The van der Waals surface area contributed by atoms with E-state index in [9.17, 15) is 14.4 Å². The molecule has 7 heteroatoms. The molecule has 0 aliphatic carbocycles. The number of rotatable bonds is 7. The maximum atomic E-state index is 12.6. The summed E-state index contributed by atoms with van der Waals surface area (Å²) < 4.78 is 0. The van der Waals surface area contributed by atoms with Gasteiger partial charge in [0.15, 0.2) is 5.78 Å². The van der Waals surface area contributed by atoms with E-state index < -0.39 is 0 Å². The normalized spacial score (nSPS) is 10.2. The number of para-hydroxylation sites is 1. The van der Waals surface area contributed by atoms with Gasteiger partial charge < -0.3 is 16.0 Å². The Hall–Kier alpha value is -3.64. The third-order valence-corrected chi connectivity index (χ3v) is 4.52. The fourth-order valence-corrected chi connectivity index (χ4v) is 2.89. The number of benzene rings is 3. The molecule has 0 heterocycles. The molecule has 0 bridgehead atoms. The topological polar surface area (TPSA) is 87.3 Å². The van der Waals surface area contributed by atoms with Gasteiger partial charge in [0.05, 0.1) is 12.1 Å². The Bertz CT molecular complexity index is 1080. The van der Waals surface area contributed by atoms with Gasteiger partial charge in [0.25, 0.3) is 5.91 Å². The van der Waals surface area contributed by atoms with Crippen molar-refractivity contribution >= 4 is 46.3 Å². The number of Topliss-reactive ketones (excluding diaryl/α,β-unsaturated/α-hetero) is 1. The monoisotopic (exact) mass is 421 g/mol. The van der Waals surface area contributed by atoms with E-state index in [4.69, 9.17) is 11.6 Å². The van der Waals surface area contributed by atoms with Crippen LogP contribution < -0.4 is 16.0 Å². The van der Waals surface area contributed by atoms with Crippen LogP contribution in [0, 0.1) is 0 Å². The Labute approximate surface area is 179 Å². The lowest BCUT2D eigenvalue weighted by Crippen LogP contribution is -2.23. The van der Waals surface area contributed by atoms with Crippen molar-refractivity contribution < 1.29 is 14.4 Å². The highest BCUT2D eigenvalue weighted by molar-refractivity contribution is 6.30. The molecule has 2 amide bonds. The smallest absolute Gasteiger partial charge is 0.257 e. The first kappa shape index (κ1) is 21.1. The molecule has 0 unspecified atom stereocenters. The van der Waals surface area contributed by atoms with Crippen molar-refractivity contribution in [2.75, 3.05) is 22.5 Å². The average Bonchev–Trinajstić information content (AvgIpc) is 2.74. The predicted molar refractivity (Wildman–Crippen MR) is 119 cm³/mol. The maximum absolute atomic E-state index is 12.6. The van der Waals surface area contributed by atoms with Gasteiger partial charge in [-0.2, -0.15) is 0 Å². The Morgan fingerprint density at radius 2 is 1.57 bits per heavy atom. The minimum Gasteiger partial charge on any atom is -0.376 e. The van der Waals surface area contributed by atoms with E-state index in [2.05, 4.69) is 16.0 Å². The van der Waals surface area contributed by atoms with Crippen molar-refractivity contribution in [3.05, 3.63) is 88.9 Å². The molecule has 0 spiro atoms. The third-order valence-electron chi connectivity index (χ3n) is 4.27. The zero-order chi connectivity index (χ0) is 21.5. The number of anilines is 3. The highest BCUT2D eigenvalue weighted by atomic mass is 35.5. The second-order valence-corrected chi connectivity index (χ2v) is 6.98. The first-order chi connectivity index (χ1) is 14.4. The number of amides is 2. The summed E-state index contributed by atoms with van der Waals surface area (Å²) in [5, 5.41) is 9.10. The van der Waals surface area contributed by atoms with Gasteiger partial charge in [-0.15, -0.1) is 0 Å². The molecule has 0 atom stereocenters. The predicted octanol–water partition coefficient (Wildman–Crippen LogP) is 4.85. The number of hydrogen-bond acceptors (Lipinski definition) is 4. The lowest BCUT2D eigenvalue weighted by Gasteiger charge is -2.13. The van der Waals surface area contributed by atoms with Crippen LogP contribution in [-0.2, 0) is 4.79 Å². The van der Waals surface area contributed by atoms with Gasteiger partial charge in [-0.3, -0.25) is 14.4 Å². The van der Waals surface area contributed by atoms with E-state index >= 15 is 0 Å². The molecule has 0 aliphatic heterocycles. The maximum Gasteiger partial charge on any atom is 0.257 e. The van der Waals surface area contributed by atoms with E-state index in [1.54, 1.807) is 72.8 Å². The van der Waals surface area contributed by atoms with Crippen LogP contribution in [0.2, 0.25) is 5.02 Å². The Kier molecular flexibility index (Phi) is 6.83. The van der Waals surface area contributed by atoms with Crippen molar-refractivity contribution in [2.24, 2.45) is 0 Å². The van der Waals surface area contributed by atoms with E-state index in [0.717, 1.165) is 0 Å². The summed E-state index contributed by atoms with van der Waals surface area (Å²) in [6.07, 6.45) is 0. The summed E-state index contributed by atoms with van der Waals surface area (Å²) in [6.45, 7) is 1.42. The van der Waals surface area contributed by atoms with Crippen LogP contribution in [-0.4, -0.2) is 24.1 Å². The largest absolute Gasteiger partial charge is 0.376 e. The summed E-state index contributed by atoms with van der Waals surface area (Å²) in [5.74, 6) is -0.691. The molecule has 0 fully saturated rings. The molecule has 0 aromatic heterocycles. The fraction of sp³-hybridized carbons (Fsp3) is 0.0870. The Balaban J connectivity index is 1.63. The van der Waals surface area contributed by atoms with Gasteiger partial charge in [0, 0.05) is 27.6 Å². The van der Waals surface area contributed by atoms with E-state index in [0.29, 0.717) is 33.2 Å². The van der Waals surface area contributed by atoms with Crippen molar-refractivity contribution in [2.45, 2.75) is 6.92 Å². The Morgan fingerprint density at radius 3 is 2.30 bits per heavy atom. The molecule has 152 valence electrons. The average molecular weight is 422 g/mol. The molecule has 3 aromatic rings. The van der Waals surface area contributed by atoms with Crippen molar-refractivity contribution in [3.63, 3.8) is 0 Å². The first-order valence-electron chi connectivity index (χ1n) is 9.23. The molecule has 3 rings (SSSR count). The molecule has 0 aliphatic rings. The summed E-state index contributed by atoms with van der Waals surface area (Å²) in [7, 11) is 0. The van der Waals surface area contributed by atoms with Gasteiger partial charge in [-0.1, -0.05) is 35.9 Å². The third kappa shape index (κ3) is 5.68. The van der Waals surface area contributed by atoms with Crippen molar-refractivity contribution in [1.82, 2.24) is 0 Å². The van der Waals surface area contributed by atoms with Crippen molar-refractivity contribution in [1.29, 1.82) is 0 Å². The molecule has 0 saturated carbocycles. The molecule has 0 radical (unpaired) electrons. The lowest BCUT2D eigenvalue weighted by atomic mass is 10.1. The quantitative estimate of drug-likeness (QED) is 0.476. The van der Waals surface area contributed by atoms with Crippen LogP contribution in [0.15, 0.2) is 72.8 Å². The fourth-order valence-electron chi connectivity index (χ4n) is 2.76. The number of carbonyl (C=O) groups excluding carboxylic acids is 3. The van der Waals surface area contributed by atoms with E-state index in [-0.39, 0.29) is 24.1 Å². The van der Waals surface area contributed by atoms with Gasteiger partial charge in [-0.25, -0.2) is 0 Å². The second-order valence-electron chi connectivity index (χ2n) is 6.55. The highest BCUT2D eigenvalue weighted by Gasteiger charge is 2.12. The summed E-state index contributed by atoms with van der Waals surface area (Å²) in [4.78, 5) is 36.4. The minimum absolute atomic E-state index is 0.0461. The zero-order valence-electron chi connectivity index (χ0n) is 16.2. The lowest BCUT2D eigenvalue weighted by molar-refractivity contribution is -0.114. The number of carbonyl (C=O) groups is 3. The van der Waals surface area contributed by atoms with Crippen LogP contribution in [0.1, 0.15) is 27.6 Å². The number of hydrogen-bond donors (Lipinski definition) is 3. The molecule has 30 heavy (non-hydrogen) atoms. The van der Waals surface area contributed by atoms with E-state index in [1.165, 1.54) is 6.92 Å². The molecule has 3 aromatic carbocycles. The molecular weight excluding hydrogens is 402 g/mol. The second kappa shape index (κ2) is 9.71. The molecule has 3 N–H and O–H groups in total. The standard InChI is InChI=1S/C23H20ClN3O3/c1-15(28)16-5-4-6-19(13-16)26-22(29)14-25-21-8-3-2-7-20(21)23(30)27-18-11-9-17(24)10-12-18/h2-13,25H,14H2,1H3,(H,26,29)(H,27,30). The van der Waals surface area contributed by atoms with Gasteiger partial charge in [0.2, 0.25) is 5.91 Å². The minimum atomic E-state index is -0.310. The van der Waals surface area contributed by atoms with Crippen LogP contribution >= 0.6 is 11.6 Å².